The van der Waals surface area contributed by atoms with Crippen LogP contribution in [0, 0.1) is 20.2 Å². The van der Waals surface area contributed by atoms with Crippen molar-refractivity contribution in [2.24, 2.45) is 0 Å². The van der Waals surface area contributed by atoms with Crippen LogP contribution in [-0.4, -0.2) is 30.2 Å². The first-order valence-corrected chi connectivity index (χ1v) is 4.05. The van der Waals surface area contributed by atoms with E-state index in [1.807, 2.05) is 0 Å². The zero-order valence-corrected chi connectivity index (χ0v) is 7.89. The molecule has 12 nitrogen and oxygen atoms in total. The maximum Gasteiger partial charge on any atom is 0.215 e. The summed E-state index contributed by atoms with van der Waals surface area (Å²) in [6.45, 7) is 0. The van der Waals surface area contributed by atoms with Gasteiger partial charge in [-0.25, -0.2) is 20.2 Å². The second kappa shape index (κ2) is 3.84. The fourth-order valence-corrected chi connectivity index (χ4v) is 1.15. The number of nitrogens with one attached hydrogen (secondary N) is 2. The zero-order chi connectivity index (χ0) is 12.4. The lowest BCUT2D eigenvalue weighted by atomic mass is 10.4. The first kappa shape index (κ1) is 10.5. The van der Waals surface area contributed by atoms with Crippen LogP contribution in [0.3, 0.4) is 0 Å². The van der Waals surface area contributed by atoms with Gasteiger partial charge < -0.3 is 10.1 Å². The molecule has 2 rings (SSSR count). The highest BCUT2D eigenvalue weighted by atomic mass is 16.7. The third-order valence-corrected chi connectivity index (χ3v) is 1.71. The quantitative estimate of drug-likeness (QED) is 0.561. The number of nitro groups is 2. The van der Waals surface area contributed by atoms with Gasteiger partial charge in [0, 0.05) is 0 Å². The zero-order valence-electron chi connectivity index (χ0n) is 7.89. The second-order valence-electron chi connectivity index (χ2n) is 2.71. The predicted molar refractivity (Wildman–Crippen MR) is 52.3 cm³/mol. The van der Waals surface area contributed by atoms with Crippen molar-refractivity contribution < 1.29 is 10.1 Å². The largest absolute Gasteiger partial charge is 0.344 e. The molecule has 0 unspecified atom stereocenters. The third kappa shape index (κ3) is 1.99. The molecule has 17 heavy (non-hydrogen) atoms. The lowest BCUT2D eigenvalue weighted by Gasteiger charge is -2.07. The van der Waals surface area contributed by atoms with Crippen molar-refractivity contribution in [1.29, 1.82) is 0 Å². The van der Waals surface area contributed by atoms with E-state index in [-0.39, 0.29) is 22.7 Å². The summed E-state index contributed by atoms with van der Waals surface area (Å²) >= 11 is 0. The van der Waals surface area contributed by atoms with Crippen molar-refractivity contribution >= 4 is 22.7 Å². The third-order valence-electron chi connectivity index (χ3n) is 1.71. The molecule has 0 amide bonds. The van der Waals surface area contributed by atoms with Crippen LogP contribution in [0.4, 0.5) is 11.6 Å². The Kier molecular flexibility index (Phi) is 2.36. The number of fused-ring (bicyclic) bond motifs is 1. The molecule has 0 spiro atoms. The second-order valence-corrected chi connectivity index (χ2v) is 2.71. The highest BCUT2D eigenvalue weighted by Crippen LogP contribution is 2.27. The van der Waals surface area contributed by atoms with Crippen molar-refractivity contribution in [1.82, 2.24) is 20.2 Å². The summed E-state index contributed by atoms with van der Waals surface area (Å²) in [5.74, 6) is -0.537. The highest BCUT2D eigenvalue weighted by Gasteiger charge is 2.11. The Balaban J connectivity index is 2.50. The van der Waals surface area contributed by atoms with E-state index in [1.165, 1.54) is 6.33 Å². The molecule has 0 aliphatic rings. The van der Waals surface area contributed by atoms with Gasteiger partial charge >= 0.3 is 0 Å². The maximum atomic E-state index is 10.3. The number of nitrogens with zero attached hydrogens (tertiary/aromatic N) is 6. The van der Waals surface area contributed by atoms with Gasteiger partial charge in [-0.05, 0) is 0 Å². The molecule has 2 aromatic rings. The van der Waals surface area contributed by atoms with Gasteiger partial charge in [-0.3, -0.25) is 10.1 Å². The summed E-state index contributed by atoms with van der Waals surface area (Å²) in [6, 6.07) is 0. The highest BCUT2D eigenvalue weighted by molar-refractivity contribution is 5.92. The van der Waals surface area contributed by atoms with Gasteiger partial charge in [-0.15, -0.1) is 5.43 Å². The molecule has 0 aliphatic carbocycles. The molecule has 88 valence electrons. The summed E-state index contributed by atoms with van der Waals surface area (Å²) in [5.41, 5.74) is 4.85. The molecule has 0 saturated carbocycles. The standard InChI is InChI=1S/C5H3N8O4/c14-12(15)10-4-2-3(7-1-6-2)5(9-8-4)11-13(16)17/h1H,(H2-,6,7,8,9,10,11)/q-1. The molecule has 0 fully saturated rings. The van der Waals surface area contributed by atoms with Crippen LogP contribution < -0.4 is 5.43 Å². The van der Waals surface area contributed by atoms with Gasteiger partial charge in [0.2, 0.25) is 5.82 Å². The summed E-state index contributed by atoms with van der Waals surface area (Å²) in [7, 11) is 0. The molecule has 2 N–H and O–H groups in total. The Labute approximate surface area is 91.3 Å². The number of anilines is 1. The van der Waals surface area contributed by atoms with Gasteiger partial charge in [0.25, 0.3) is 0 Å². The molecule has 0 aliphatic heterocycles. The van der Waals surface area contributed by atoms with Crippen LogP contribution in [0.2, 0.25) is 0 Å². The summed E-state index contributed by atoms with van der Waals surface area (Å²) in [4.78, 5) is 26.7. The van der Waals surface area contributed by atoms with Crippen LogP contribution in [0.5, 0.6) is 0 Å². The van der Waals surface area contributed by atoms with Crippen molar-refractivity contribution in [2.45, 2.75) is 0 Å². The van der Waals surface area contributed by atoms with E-state index < -0.39 is 10.1 Å². The number of hydrogen-bond donors (Lipinski definition) is 2. The molecule has 0 atom stereocenters. The Hall–Kier alpha value is -3.05. The van der Waals surface area contributed by atoms with Crippen molar-refractivity contribution in [3.05, 3.63) is 32.0 Å². The maximum absolute atomic E-state index is 10.3. The molecule has 12 heteroatoms. The SMILES string of the molecule is O=[N+]([O-])[N-]c1nnc(N[N+](=O)[O-])c2[nH]cnc12. The van der Waals surface area contributed by atoms with Gasteiger partial charge in [0.1, 0.15) is 5.52 Å². The first-order valence-electron chi connectivity index (χ1n) is 4.05. The number of aromatic amines is 1. The average molecular weight is 239 g/mol. The monoisotopic (exact) mass is 239 g/mol. The fraction of sp³-hybridized carbons (Fsp3) is 0. The van der Waals surface area contributed by atoms with Gasteiger partial charge in [-0.2, -0.15) is 0 Å². The van der Waals surface area contributed by atoms with E-state index >= 15 is 0 Å². The van der Waals surface area contributed by atoms with Crippen LogP contribution in [0.1, 0.15) is 0 Å². The fourth-order valence-electron chi connectivity index (χ4n) is 1.15. The molecule has 2 heterocycles. The van der Waals surface area contributed by atoms with Crippen molar-refractivity contribution in [3.63, 3.8) is 0 Å². The minimum Gasteiger partial charge on any atom is -0.344 e. The predicted octanol–water partition coefficient (Wildman–Crippen LogP) is 0.153. The van der Waals surface area contributed by atoms with E-state index in [0.29, 0.717) is 0 Å². The molecular formula is C5H3N8O4-. The van der Waals surface area contributed by atoms with Gasteiger partial charge in [0.05, 0.1) is 22.7 Å². The van der Waals surface area contributed by atoms with E-state index in [1.54, 1.807) is 5.43 Å². The van der Waals surface area contributed by atoms with E-state index in [4.69, 9.17) is 0 Å². The van der Waals surface area contributed by atoms with Crippen molar-refractivity contribution in [2.75, 3.05) is 5.43 Å². The van der Waals surface area contributed by atoms with Crippen molar-refractivity contribution in [3.8, 4) is 0 Å². The van der Waals surface area contributed by atoms with Crippen LogP contribution in [0.15, 0.2) is 6.33 Å². The molecule has 0 radical (unpaired) electrons. The smallest absolute Gasteiger partial charge is 0.215 e. The number of imidazole rings is 1. The Morgan fingerprint density at radius 3 is 2.76 bits per heavy atom. The Bertz CT molecular complexity index is 543. The molecule has 0 aromatic carbocycles. The normalized spacial score (nSPS) is 10.1. The number of aromatic nitrogens is 4. The number of hydrazine groups is 1. The Morgan fingerprint density at radius 1 is 1.35 bits per heavy atom. The lowest BCUT2D eigenvalue weighted by molar-refractivity contribution is -0.445. The summed E-state index contributed by atoms with van der Waals surface area (Å²) < 4.78 is 0. The van der Waals surface area contributed by atoms with Crippen LogP contribution in [0.25, 0.3) is 16.5 Å². The number of rotatable bonds is 4. The van der Waals surface area contributed by atoms with E-state index in [9.17, 15) is 20.2 Å². The summed E-state index contributed by atoms with van der Waals surface area (Å²) in [6.07, 6.45) is 1.19. The minimum absolute atomic E-state index is 0.0149. The Morgan fingerprint density at radius 2 is 2.12 bits per heavy atom. The van der Waals surface area contributed by atoms with Gasteiger partial charge in [-0.1, -0.05) is 5.43 Å². The molecule has 0 bridgehead atoms. The lowest BCUT2D eigenvalue weighted by Crippen LogP contribution is -2.10. The molecule has 0 saturated heterocycles. The van der Waals surface area contributed by atoms with Gasteiger partial charge in [0.15, 0.2) is 5.03 Å². The topological polar surface area (TPSA) is 167 Å². The average Bonchev–Trinajstić information content (AvgIpc) is 2.69. The van der Waals surface area contributed by atoms with Crippen LogP contribution in [-0.2, 0) is 0 Å². The van der Waals surface area contributed by atoms with Crippen LogP contribution >= 0.6 is 0 Å². The minimum atomic E-state index is -0.960. The molecule has 2 aromatic heterocycles. The number of H-pyrrole nitrogens is 1. The first-order chi connectivity index (χ1) is 8.08. The number of hydrogen-bond acceptors (Lipinski definition) is 7. The summed E-state index contributed by atoms with van der Waals surface area (Å²) in [5, 5.41) is 25.4. The molecular weight excluding hydrogens is 236 g/mol. The van der Waals surface area contributed by atoms with E-state index in [2.05, 4.69) is 25.6 Å². The van der Waals surface area contributed by atoms with E-state index in [0.717, 1.165) is 0 Å².